The molecule has 1 N–H and O–H groups in total. The summed E-state index contributed by atoms with van der Waals surface area (Å²) < 4.78 is 0. The number of aromatic amines is 1. The van der Waals surface area contributed by atoms with Crippen LogP contribution < -0.4 is 0 Å². The van der Waals surface area contributed by atoms with E-state index in [9.17, 15) is 0 Å². The van der Waals surface area contributed by atoms with E-state index in [0.29, 0.717) is 11.8 Å². The van der Waals surface area contributed by atoms with E-state index < -0.39 is 0 Å². The third-order valence-electron chi connectivity index (χ3n) is 4.29. The minimum Gasteiger partial charge on any atom is -0.362 e. The van der Waals surface area contributed by atoms with Gasteiger partial charge in [-0.05, 0) is 47.4 Å². The first-order valence-corrected chi connectivity index (χ1v) is 7.42. The minimum absolute atomic E-state index is 0.572. The lowest BCUT2D eigenvalue weighted by atomic mass is 9.83. The Morgan fingerprint density at radius 2 is 1.74 bits per heavy atom. The number of rotatable bonds is 2. The van der Waals surface area contributed by atoms with Crippen LogP contribution in [0.4, 0.5) is 0 Å². The van der Waals surface area contributed by atoms with Crippen LogP contribution in [0.3, 0.4) is 0 Å². The molecule has 0 saturated carbocycles. The summed E-state index contributed by atoms with van der Waals surface area (Å²) in [7, 11) is 0. The minimum atomic E-state index is 0.572. The third kappa shape index (κ3) is 2.01. The summed E-state index contributed by atoms with van der Waals surface area (Å²) in [6.07, 6.45) is 2.33. The fourth-order valence-corrected chi connectivity index (χ4v) is 3.20. The van der Waals surface area contributed by atoms with E-state index in [1.54, 1.807) is 5.56 Å². The molecule has 0 bridgehead atoms. The van der Waals surface area contributed by atoms with Crippen molar-refractivity contribution in [1.29, 1.82) is 0 Å². The second-order valence-electron chi connectivity index (χ2n) is 6.30. The molecule has 100 valence electrons. The average Bonchev–Trinajstić information content (AvgIpc) is 2.82. The molecule has 1 aromatic heterocycles. The van der Waals surface area contributed by atoms with Crippen LogP contribution in [0.15, 0.2) is 24.3 Å². The van der Waals surface area contributed by atoms with Gasteiger partial charge in [-0.3, -0.25) is 0 Å². The maximum absolute atomic E-state index is 3.62. The Morgan fingerprint density at radius 3 is 2.42 bits per heavy atom. The summed E-state index contributed by atoms with van der Waals surface area (Å²) in [5, 5.41) is 0. The first-order valence-electron chi connectivity index (χ1n) is 7.42. The summed E-state index contributed by atoms with van der Waals surface area (Å²) in [6.45, 7) is 9.09. The summed E-state index contributed by atoms with van der Waals surface area (Å²) in [4.78, 5) is 3.62. The maximum atomic E-state index is 3.62. The predicted octanol–water partition coefficient (Wildman–Crippen LogP) is 5.03. The van der Waals surface area contributed by atoms with E-state index in [4.69, 9.17) is 0 Å². The molecule has 1 heteroatoms. The highest BCUT2D eigenvalue weighted by Crippen LogP contribution is 2.38. The second kappa shape index (κ2) is 4.56. The van der Waals surface area contributed by atoms with Crippen LogP contribution in [0, 0.1) is 0 Å². The van der Waals surface area contributed by atoms with Gasteiger partial charge in [0.25, 0.3) is 0 Å². The molecule has 0 aliphatic heterocycles. The zero-order valence-electron chi connectivity index (χ0n) is 12.4. The van der Waals surface area contributed by atoms with Gasteiger partial charge in [-0.25, -0.2) is 0 Å². The number of H-pyrrole nitrogens is 1. The molecule has 0 unspecified atom stereocenters. The Bertz CT molecular complexity index is 602. The van der Waals surface area contributed by atoms with E-state index in [2.05, 4.69) is 56.9 Å². The Morgan fingerprint density at radius 1 is 0.947 bits per heavy atom. The highest BCUT2D eigenvalue weighted by atomic mass is 14.7. The van der Waals surface area contributed by atoms with Crippen LogP contribution in [0.1, 0.15) is 62.0 Å². The van der Waals surface area contributed by atoms with Crippen molar-refractivity contribution in [2.45, 2.75) is 52.4 Å². The quantitative estimate of drug-likeness (QED) is 0.773. The SMILES string of the molecule is CC(C)c1cc2c([nH]1)CCc1c-2cccc1C(C)C. The topological polar surface area (TPSA) is 15.8 Å². The zero-order valence-corrected chi connectivity index (χ0v) is 12.4. The second-order valence-corrected chi connectivity index (χ2v) is 6.30. The van der Waals surface area contributed by atoms with Crippen LogP contribution in [-0.2, 0) is 12.8 Å². The monoisotopic (exact) mass is 253 g/mol. The van der Waals surface area contributed by atoms with E-state index in [1.807, 2.05) is 0 Å². The highest BCUT2D eigenvalue weighted by Gasteiger charge is 2.22. The fraction of sp³-hybridized carbons (Fsp3) is 0.444. The number of fused-ring (bicyclic) bond motifs is 3. The lowest BCUT2D eigenvalue weighted by molar-refractivity contribution is 0.800. The summed E-state index contributed by atoms with van der Waals surface area (Å²) >= 11 is 0. The van der Waals surface area contributed by atoms with Gasteiger partial charge in [-0.15, -0.1) is 0 Å². The van der Waals surface area contributed by atoms with Crippen LogP contribution in [0.5, 0.6) is 0 Å². The van der Waals surface area contributed by atoms with Gasteiger partial charge in [0, 0.05) is 17.0 Å². The molecular formula is C18H23N. The molecule has 0 radical (unpaired) electrons. The number of benzene rings is 1. The molecule has 1 aliphatic rings. The van der Waals surface area contributed by atoms with Crippen molar-refractivity contribution in [2.24, 2.45) is 0 Å². The fourth-order valence-electron chi connectivity index (χ4n) is 3.20. The molecule has 0 saturated heterocycles. The van der Waals surface area contributed by atoms with Crippen molar-refractivity contribution in [1.82, 2.24) is 4.98 Å². The number of aryl methyl sites for hydroxylation is 1. The van der Waals surface area contributed by atoms with Crippen molar-refractivity contribution in [2.75, 3.05) is 0 Å². The van der Waals surface area contributed by atoms with Crippen molar-refractivity contribution < 1.29 is 0 Å². The van der Waals surface area contributed by atoms with E-state index in [0.717, 1.165) is 6.42 Å². The van der Waals surface area contributed by atoms with Crippen molar-refractivity contribution in [3.8, 4) is 11.1 Å². The number of nitrogens with one attached hydrogen (secondary N) is 1. The molecule has 0 atom stereocenters. The predicted molar refractivity (Wildman–Crippen MR) is 81.8 cm³/mol. The van der Waals surface area contributed by atoms with Gasteiger partial charge in [0.2, 0.25) is 0 Å². The van der Waals surface area contributed by atoms with Gasteiger partial charge in [0.1, 0.15) is 0 Å². The molecule has 3 rings (SSSR count). The number of hydrogen-bond donors (Lipinski definition) is 1. The van der Waals surface area contributed by atoms with Gasteiger partial charge >= 0.3 is 0 Å². The Labute approximate surface area is 116 Å². The van der Waals surface area contributed by atoms with E-state index >= 15 is 0 Å². The number of hydrogen-bond acceptors (Lipinski definition) is 0. The molecule has 1 aromatic carbocycles. The third-order valence-corrected chi connectivity index (χ3v) is 4.29. The summed E-state index contributed by atoms with van der Waals surface area (Å²) in [5.41, 5.74) is 8.78. The van der Waals surface area contributed by atoms with Crippen LogP contribution >= 0.6 is 0 Å². The molecule has 0 amide bonds. The number of aromatic nitrogens is 1. The van der Waals surface area contributed by atoms with Gasteiger partial charge in [0.05, 0.1) is 0 Å². The maximum Gasteiger partial charge on any atom is 0.0232 e. The highest BCUT2D eigenvalue weighted by molar-refractivity contribution is 5.74. The standard InChI is InChI=1S/C18H23N/c1-11(2)13-6-5-7-14-15(13)8-9-17-16(14)10-18(19-17)12(3)4/h5-7,10-12,19H,8-9H2,1-4H3. The lowest BCUT2D eigenvalue weighted by Gasteiger charge is -2.21. The van der Waals surface area contributed by atoms with Gasteiger partial charge < -0.3 is 4.98 Å². The van der Waals surface area contributed by atoms with E-state index in [1.165, 1.54) is 34.5 Å². The molecule has 1 aliphatic carbocycles. The molecule has 2 aromatic rings. The molecule has 19 heavy (non-hydrogen) atoms. The van der Waals surface area contributed by atoms with Crippen LogP contribution in [0.2, 0.25) is 0 Å². The molecule has 0 spiro atoms. The zero-order chi connectivity index (χ0) is 13.6. The average molecular weight is 253 g/mol. The smallest absolute Gasteiger partial charge is 0.0232 e. The first-order chi connectivity index (χ1) is 9.08. The molecule has 0 fully saturated rings. The lowest BCUT2D eigenvalue weighted by Crippen LogP contribution is -2.07. The Balaban J connectivity index is 2.16. The molecule has 1 heterocycles. The molecular weight excluding hydrogens is 230 g/mol. The van der Waals surface area contributed by atoms with Gasteiger partial charge in [-0.1, -0.05) is 45.9 Å². The van der Waals surface area contributed by atoms with Crippen molar-refractivity contribution in [3.05, 3.63) is 46.8 Å². The van der Waals surface area contributed by atoms with Crippen molar-refractivity contribution in [3.63, 3.8) is 0 Å². The summed E-state index contributed by atoms with van der Waals surface area (Å²) in [5.74, 6) is 1.18. The van der Waals surface area contributed by atoms with Crippen LogP contribution in [-0.4, -0.2) is 4.98 Å². The normalized spacial score (nSPS) is 13.8. The van der Waals surface area contributed by atoms with Crippen molar-refractivity contribution >= 4 is 0 Å². The van der Waals surface area contributed by atoms with Crippen LogP contribution in [0.25, 0.3) is 11.1 Å². The van der Waals surface area contributed by atoms with E-state index in [-0.39, 0.29) is 0 Å². The largest absolute Gasteiger partial charge is 0.362 e. The van der Waals surface area contributed by atoms with Gasteiger partial charge in [-0.2, -0.15) is 0 Å². The molecule has 1 nitrogen and oxygen atoms in total. The first kappa shape index (κ1) is 12.5. The Hall–Kier alpha value is -1.50. The summed E-state index contributed by atoms with van der Waals surface area (Å²) in [6, 6.07) is 9.16. The van der Waals surface area contributed by atoms with Gasteiger partial charge in [0.15, 0.2) is 0 Å². The Kier molecular flexibility index (Phi) is 3.00.